The normalized spacial score (nSPS) is 13.2. The number of amides is 2. The Morgan fingerprint density at radius 3 is 2.23 bits per heavy atom. The van der Waals surface area contributed by atoms with Crippen LogP contribution in [0.4, 0.5) is 42.5 Å². The Balaban J connectivity index is 1.41. The number of rotatable bonds is 8. The van der Waals surface area contributed by atoms with E-state index in [-0.39, 0.29) is 24.4 Å². The summed E-state index contributed by atoms with van der Waals surface area (Å²) in [4.78, 5) is 20.3. The zero-order valence-electron chi connectivity index (χ0n) is 23.1. The largest absolute Gasteiger partial charge is 0.375 e. The van der Waals surface area contributed by atoms with Gasteiger partial charge in [0.1, 0.15) is 6.33 Å². The molecular weight excluding hydrogens is 590 g/mol. The number of anilines is 2. The van der Waals surface area contributed by atoms with Gasteiger partial charge in [-0.2, -0.15) is 36.6 Å². The van der Waals surface area contributed by atoms with E-state index in [4.69, 9.17) is 5.73 Å². The molecule has 3 aromatic carbocycles. The number of para-hydroxylation sites is 1. The van der Waals surface area contributed by atoms with Gasteiger partial charge in [-0.3, -0.25) is 0 Å². The Morgan fingerprint density at radius 2 is 1.61 bits per heavy atom. The maximum absolute atomic E-state index is 14.2. The summed E-state index contributed by atoms with van der Waals surface area (Å²) in [5.74, 6) is -16.1. The highest BCUT2D eigenvalue weighted by Crippen LogP contribution is 2.51. The van der Waals surface area contributed by atoms with Crippen molar-refractivity contribution in [3.8, 4) is 23.1 Å². The molecule has 1 heterocycles. The maximum Gasteiger partial charge on any atom is 0.375 e. The van der Waals surface area contributed by atoms with Crippen molar-refractivity contribution < 1.29 is 31.1 Å². The zero-order valence-corrected chi connectivity index (χ0v) is 23.1. The van der Waals surface area contributed by atoms with Crippen LogP contribution in [0.3, 0.4) is 0 Å². The minimum Gasteiger partial charge on any atom is -0.369 e. The van der Waals surface area contributed by atoms with Gasteiger partial charge in [0, 0.05) is 29.4 Å². The summed E-state index contributed by atoms with van der Waals surface area (Å²) < 4.78 is 83.3. The van der Waals surface area contributed by atoms with Crippen LogP contribution < -0.4 is 16.4 Å². The monoisotopic (exact) mass is 614 g/mol. The number of urea groups is 1. The number of alkyl halides is 6. The topological polar surface area (TPSA) is 134 Å². The van der Waals surface area contributed by atoms with Crippen LogP contribution in [-0.2, 0) is 5.92 Å². The second kappa shape index (κ2) is 12.1. The van der Waals surface area contributed by atoms with E-state index >= 15 is 0 Å². The number of aromatic nitrogens is 3. The average molecular weight is 615 g/mol. The van der Waals surface area contributed by atoms with Crippen molar-refractivity contribution in [2.75, 3.05) is 10.6 Å². The number of hydrogen-bond donors (Lipinski definition) is 3. The van der Waals surface area contributed by atoms with Crippen molar-refractivity contribution in [2.45, 2.75) is 37.5 Å². The first-order chi connectivity index (χ1) is 20.6. The number of carbonyl (C=O) groups excluding carboxylic acids is 1. The number of nitrogens with one attached hydrogen (secondary N) is 2. The van der Waals surface area contributed by atoms with E-state index in [2.05, 4.69) is 31.8 Å². The summed E-state index contributed by atoms with van der Waals surface area (Å²) in [6.45, 7) is 1.45. The second-order valence-electron chi connectivity index (χ2n) is 9.66. The van der Waals surface area contributed by atoms with E-state index in [1.165, 1.54) is 23.1 Å². The Hall–Kier alpha value is -5.39. The first-order valence-electron chi connectivity index (χ1n) is 12.8. The Bertz CT molecular complexity index is 1710. The minimum atomic E-state index is -5.60. The number of nitrogens with zero attached hydrogens (tertiary/aromatic N) is 5. The molecule has 9 nitrogen and oxygen atoms in total. The molecule has 0 radical (unpaired) electrons. The Labute approximate surface area is 247 Å². The molecule has 228 valence electrons. The van der Waals surface area contributed by atoms with E-state index in [1.54, 1.807) is 43.3 Å². The molecule has 0 bridgehead atoms. The van der Waals surface area contributed by atoms with Crippen LogP contribution in [0, 0.1) is 11.3 Å². The lowest BCUT2D eigenvalue weighted by molar-refractivity contribution is -0.308. The quantitative estimate of drug-likeness (QED) is 0.112. The van der Waals surface area contributed by atoms with Crippen LogP contribution in [0.1, 0.15) is 30.9 Å². The third-order valence-corrected chi connectivity index (χ3v) is 6.43. The van der Waals surface area contributed by atoms with Crippen LogP contribution in [0.25, 0.3) is 17.1 Å². The number of nitriles is 1. The lowest BCUT2D eigenvalue weighted by Gasteiger charge is -2.31. The third kappa shape index (κ3) is 6.48. The van der Waals surface area contributed by atoms with Gasteiger partial charge in [0.15, 0.2) is 5.82 Å². The lowest BCUT2D eigenvalue weighted by atomic mass is 9.98. The highest BCUT2D eigenvalue weighted by Gasteiger charge is 2.69. The first-order valence-corrected chi connectivity index (χ1v) is 12.8. The van der Waals surface area contributed by atoms with Gasteiger partial charge in [0.05, 0.1) is 17.7 Å². The summed E-state index contributed by atoms with van der Waals surface area (Å²) in [5.41, 5.74) is 6.81. The van der Waals surface area contributed by atoms with Crippen molar-refractivity contribution in [3.05, 3.63) is 90.3 Å². The molecule has 1 aromatic heterocycles. The molecule has 4 N–H and O–H groups in total. The molecule has 1 unspecified atom stereocenters. The van der Waals surface area contributed by atoms with Gasteiger partial charge in [0.2, 0.25) is 5.96 Å². The standard InChI is InChI=1S/C29H24F6N8O/c1-17(15-36)22-5-3-4-6-23(22)40-25(37)41-26(44)39-20-11-7-18(8-12-20)24-38-16-43(42-24)21-13-9-19(10-14-21)28(32,33)29(34,35)27(2,30)31/h3-14,16-17H,1-2H3,(H4,37,39,40,41,44). The molecule has 0 saturated heterocycles. The van der Waals surface area contributed by atoms with Gasteiger partial charge in [-0.25, -0.2) is 14.5 Å². The number of hydrogen-bond acceptors (Lipinski definition) is 4. The van der Waals surface area contributed by atoms with Crippen molar-refractivity contribution in [1.29, 1.82) is 5.26 Å². The fraction of sp³-hybridized carbons (Fsp3) is 0.207. The van der Waals surface area contributed by atoms with Crippen molar-refractivity contribution >= 4 is 23.4 Å². The van der Waals surface area contributed by atoms with Crippen LogP contribution in [0.15, 0.2) is 84.1 Å². The predicted molar refractivity (Wildman–Crippen MR) is 151 cm³/mol. The van der Waals surface area contributed by atoms with Gasteiger partial charge < -0.3 is 16.4 Å². The third-order valence-electron chi connectivity index (χ3n) is 6.43. The zero-order chi connectivity index (χ0) is 32.3. The van der Waals surface area contributed by atoms with Gasteiger partial charge >= 0.3 is 23.8 Å². The fourth-order valence-electron chi connectivity index (χ4n) is 3.99. The predicted octanol–water partition coefficient (Wildman–Crippen LogP) is 6.90. The number of benzene rings is 3. The molecular formula is C29H24F6N8O. The smallest absolute Gasteiger partial charge is 0.369 e. The average Bonchev–Trinajstić information content (AvgIpc) is 3.47. The molecule has 0 fully saturated rings. The number of nitrogens with two attached hydrogens (primary N) is 1. The van der Waals surface area contributed by atoms with E-state index in [9.17, 15) is 36.4 Å². The van der Waals surface area contributed by atoms with E-state index in [1.807, 2.05) is 0 Å². The summed E-state index contributed by atoms with van der Waals surface area (Å²) >= 11 is 0. The van der Waals surface area contributed by atoms with Gasteiger partial charge in [-0.05, 0) is 55.0 Å². The summed E-state index contributed by atoms with van der Waals surface area (Å²) in [5, 5.41) is 18.8. The summed E-state index contributed by atoms with van der Waals surface area (Å²) in [7, 11) is 0. The second-order valence-corrected chi connectivity index (χ2v) is 9.66. The van der Waals surface area contributed by atoms with Gasteiger partial charge in [-0.15, -0.1) is 5.10 Å². The molecule has 15 heteroatoms. The molecule has 1 atom stereocenters. The van der Waals surface area contributed by atoms with Gasteiger partial charge in [-0.1, -0.05) is 30.3 Å². The van der Waals surface area contributed by atoms with Crippen LogP contribution in [0.5, 0.6) is 0 Å². The van der Waals surface area contributed by atoms with E-state index in [0.29, 0.717) is 34.6 Å². The molecule has 4 rings (SSSR count). The fourth-order valence-corrected chi connectivity index (χ4v) is 3.99. The molecule has 0 saturated carbocycles. The Morgan fingerprint density at radius 1 is 0.977 bits per heavy atom. The number of guanidine groups is 1. The Kier molecular flexibility index (Phi) is 8.66. The maximum atomic E-state index is 14.2. The van der Waals surface area contributed by atoms with Crippen LogP contribution in [-0.4, -0.2) is 38.6 Å². The first kappa shape index (κ1) is 31.5. The summed E-state index contributed by atoms with van der Waals surface area (Å²) in [6.07, 6.45) is 1.24. The molecule has 0 spiro atoms. The number of aliphatic imine (C=N–C) groups is 1. The molecule has 2 amide bonds. The lowest BCUT2D eigenvalue weighted by Crippen LogP contribution is -2.50. The number of halogens is 6. The SMILES string of the molecule is CC(C#N)c1ccccc1N/C(N)=N/C(=O)Nc1ccc(-c2ncn(-c3ccc(C(F)(F)C(F)(F)C(C)(F)F)cc3)n2)cc1. The molecule has 4 aromatic rings. The summed E-state index contributed by atoms with van der Waals surface area (Å²) in [6, 6.07) is 17.8. The van der Waals surface area contributed by atoms with Crippen molar-refractivity contribution in [1.82, 2.24) is 14.8 Å². The molecule has 44 heavy (non-hydrogen) atoms. The highest BCUT2D eigenvalue weighted by molar-refractivity contribution is 6.03. The molecule has 0 aliphatic carbocycles. The van der Waals surface area contributed by atoms with Gasteiger partial charge in [0.25, 0.3) is 0 Å². The molecule has 0 aliphatic heterocycles. The number of carbonyl (C=O) groups is 1. The molecule has 0 aliphatic rings. The van der Waals surface area contributed by atoms with Crippen molar-refractivity contribution in [3.63, 3.8) is 0 Å². The minimum absolute atomic E-state index is 0.160. The van der Waals surface area contributed by atoms with E-state index in [0.717, 1.165) is 12.1 Å². The van der Waals surface area contributed by atoms with Crippen LogP contribution >= 0.6 is 0 Å². The van der Waals surface area contributed by atoms with E-state index < -0.39 is 35.3 Å². The highest BCUT2D eigenvalue weighted by atomic mass is 19.3. The van der Waals surface area contributed by atoms with Crippen LogP contribution in [0.2, 0.25) is 0 Å². The van der Waals surface area contributed by atoms with Crippen molar-refractivity contribution in [2.24, 2.45) is 10.7 Å².